The molecule has 5 nitrogen and oxygen atoms in total. The summed E-state index contributed by atoms with van der Waals surface area (Å²) in [6.07, 6.45) is 2.34. The first kappa shape index (κ1) is 17.5. The van der Waals surface area contributed by atoms with Crippen LogP contribution in [0.25, 0.3) is 0 Å². The van der Waals surface area contributed by atoms with Crippen LogP contribution in [0.15, 0.2) is 0 Å². The largest absolute Gasteiger partial charge is 0.444 e. The van der Waals surface area contributed by atoms with Gasteiger partial charge in [0.25, 0.3) is 0 Å². The van der Waals surface area contributed by atoms with E-state index in [2.05, 4.69) is 23.6 Å². The van der Waals surface area contributed by atoms with Crippen molar-refractivity contribution < 1.29 is 9.53 Å². The molecule has 128 valence electrons. The average molecular weight is 311 g/mol. The van der Waals surface area contributed by atoms with Crippen LogP contribution in [0.4, 0.5) is 4.79 Å². The Balaban J connectivity index is 1.75. The van der Waals surface area contributed by atoms with Gasteiger partial charge in [-0.2, -0.15) is 0 Å². The van der Waals surface area contributed by atoms with Gasteiger partial charge in [-0.3, -0.25) is 4.90 Å². The number of ether oxygens (including phenoxy) is 1. The monoisotopic (exact) mass is 311 g/mol. The highest BCUT2D eigenvalue weighted by molar-refractivity contribution is 5.68. The average Bonchev–Trinajstić information content (AvgIpc) is 2.46. The highest BCUT2D eigenvalue weighted by Crippen LogP contribution is 2.20. The standard InChI is InChI=1S/C17H33N3O2/c1-14(2)18-8-6-15(7-9-18)19-10-12-20(13-11-19)16(21)22-17(3,4)5/h14-15H,6-13H2,1-5H3. The van der Waals surface area contributed by atoms with Gasteiger partial charge in [-0.15, -0.1) is 0 Å². The van der Waals surface area contributed by atoms with E-state index in [9.17, 15) is 4.79 Å². The number of piperazine rings is 1. The molecule has 0 atom stereocenters. The van der Waals surface area contributed by atoms with Crippen molar-refractivity contribution in [1.29, 1.82) is 0 Å². The molecule has 0 unspecified atom stereocenters. The van der Waals surface area contributed by atoms with Gasteiger partial charge in [-0.05, 0) is 60.5 Å². The second-order valence-electron chi connectivity index (χ2n) is 7.86. The fourth-order valence-corrected chi connectivity index (χ4v) is 3.36. The second kappa shape index (κ2) is 7.18. The summed E-state index contributed by atoms with van der Waals surface area (Å²) in [6.45, 7) is 16.3. The van der Waals surface area contributed by atoms with Gasteiger partial charge in [0.1, 0.15) is 5.60 Å². The molecular formula is C17H33N3O2. The normalized spacial score (nSPS) is 23.1. The number of carbonyl (C=O) groups is 1. The van der Waals surface area contributed by atoms with Crippen LogP contribution in [0.3, 0.4) is 0 Å². The van der Waals surface area contributed by atoms with E-state index in [4.69, 9.17) is 4.74 Å². The fourth-order valence-electron chi connectivity index (χ4n) is 3.36. The van der Waals surface area contributed by atoms with Gasteiger partial charge in [-0.25, -0.2) is 4.79 Å². The minimum atomic E-state index is -0.405. The molecule has 1 amide bonds. The Bertz CT molecular complexity index is 363. The summed E-state index contributed by atoms with van der Waals surface area (Å²) in [4.78, 5) is 19.1. The number of nitrogens with zero attached hydrogens (tertiary/aromatic N) is 3. The minimum absolute atomic E-state index is 0.165. The number of rotatable bonds is 2. The Morgan fingerprint density at radius 1 is 1.00 bits per heavy atom. The molecule has 2 saturated heterocycles. The molecule has 0 bridgehead atoms. The predicted molar refractivity (Wildman–Crippen MR) is 89.1 cm³/mol. The predicted octanol–water partition coefficient (Wildman–Crippen LogP) is 2.41. The molecular weight excluding hydrogens is 278 g/mol. The maximum absolute atomic E-state index is 12.1. The van der Waals surface area contributed by atoms with Crippen molar-refractivity contribution in [3.05, 3.63) is 0 Å². The van der Waals surface area contributed by atoms with E-state index < -0.39 is 5.60 Å². The second-order valence-corrected chi connectivity index (χ2v) is 7.86. The lowest BCUT2D eigenvalue weighted by atomic mass is 10.0. The molecule has 0 saturated carbocycles. The first-order chi connectivity index (χ1) is 10.3. The lowest BCUT2D eigenvalue weighted by molar-refractivity contribution is 0.00477. The summed E-state index contributed by atoms with van der Waals surface area (Å²) in [5.74, 6) is 0. The molecule has 22 heavy (non-hydrogen) atoms. The third-order valence-corrected chi connectivity index (χ3v) is 4.71. The van der Waals surface area contributed by atoms with Crippen molar-refractivity contribution in [2.75, 3.05) is 39.3 Å². The van der Waals surface area contributed by atoms with Crippen LogP contribution < -0.4 is 0 Å². The quantitative estimate of drug-likeness (QED) is 0.785. The van der Waals surface area contributed by atoms with E-state index in [1.54, 1.807) is 0 Å². The molecule has 0 aliphatic carbocycles. The van der Waals surface area contributed by atoms with Crippen molar-refractivity contribution in [2.24, 2.45) is 0 Å². The molecule has 2 fully saturated rings. The van der Waals surface area contributed by atoms with E-state index in [1.165, 1.54) is 25.9 Å². The number of piperidine rings is 1. The van der Waals surface area contributed by atoms with Crippen molar-refractivity contribution in [3.8, 4) is 0 Å². The molecule has 0 aromatic carbocycles. The highest BCUT2D eigenvalue weighted by atomic mass is 16.6. The SMILES string of the molecule is CC(C)N1CCC(N2CCN(C(=O)OC(C)(C)C)CC2)CC1. The van der Waals surface area contributed by atoms with Gasteiger partial charge in [0, 0.05) is 38.3 Å². The van der Waals surface area contributed by atoms with E-state index in [1.807, 2.05) is 25.7 Å². The zero-order valence-electron chi connectivity index (χ0n) is 15.0. The summed E-state index contributed by atoms with van der Waals surface area (Å²) >= 11 is 0. The van der Waals surface area contributed by atoms with Crippen molar-refractivity contribution in [3.63, 3.8) is 0 Å². The van der Waals surface area contributed by atoms with Crippen LogP contribution in [0.5, 0.6) is 0 Å². The molecule has 2 rings (SSSR count). The van der Waals surface area contributed by atoms with Gasteiger partial charge in [0.05, 0.1) is 0 Å². The number of amides is 1. The van der Waals surface area contributed by atoms with Gasteiger partial charge >= 0.3 is 6.09 Å². The molecule has 2 aliphatic rings. The number of likely N-dealkylation sites (tertiary alicyclic amines) is 1. The summed E-state index contributed by atoms with van der Waals surface area (Å²) < 4.78 is 5.46. The van der Waals surface area contributed by atoms with Crippen molar-refractivity contribution in [1.82, 2.24) is 14.7 Å². The lowest BCUT2D eigenvalue weighted by Gasteiger charge is -2.43. The van der Waals surface area contributed by atoms with E-state index in [0.717, 1.165) is 26.2 Å². The zero-order valence-corrected chi connectivity index (χ0v) is 15.0. The molecule has 2 heterocycles. The molecule has 0 spiro atoms. The van der Waals surface area contributed by atoms with Crippen LogP contribution in [0.2, 0.25) is 0 Å². The zero-order chi connectivity index (χ0) is 16.3. The molecule has 0 aromatic heterocycles. The van der Waals surface area contributed by atoms with Crippen LogP contribution in [-0.2, 0) is 4.74 Å². The maximum atomic E-state index is 12.1. The molecule has 0 aromatic rings. The molecule has 5 heteroatoms. The third-order valence-electron chi connectivity index (χ3n) is 4.71. The topological polar surface area (TPSA) is 36.0 Å². The van der Waals surface area contributed by atoms with E-state index in [-0.39, 0.29) is 6.09 Å². The van der Waals surface area contributed by atoms with E-state index in [0.29, 0.717) is 12.1 Å². The molecule has 0 N–H and O–H groups in total. The maximum Gasteiger partial charge on any atom is 0.410 e. The molecule has 2 aliphatic heterocycles. The van der Waals surface area contributed by atoms with Crippen molar-refractivity contribution >= 4 is 6.09 Å². The summed E-state index contributed by atoms with van der Waals surface area (Å²) in [5.41, 5.74) is -0.405. The fraction of sp³-hybridized carbons (Fsp3) is 0.941. The summed E-state index contributed by atoms with van der Waals surface area (Å²) in [5, 5.41) is 0. The Morgan fingerprint density at radius 2 is 1.55 bits per heavy atom. The summed E-state index contributed by atoms with van der Waals surface area (Å²) in [6, 6.07) is 1.35. The van der Waals surface area contributed by atoms with Crippen LogP contribution in [0, 0.1) is 0 Å². The van der Waals surface area contributed by atoms with E-state index >= 15 is 0 Å². The summed E-state index contributed by atoms with van der Waals surface area (Å²) in [7, 11) is 0. The van der Waals surface area contributed by atoms with Gasteiger partial charge in [0.15, 0.2) is 0 Å². The van der Waals surface area contributed by atoms with Gasteiger partial charge in [0.2, 0.25) is 0 Å². The number of hydrogen-bond acceptors (Lipinski definition) is 4. The number of carbonyl (C=O) groups excluding carboxylic acids is 1. The Morgan fingerprint density at radius 3 is 2.00 bits per heavy atom. The molecule has 0 radical (unpaired) electrons. The Hall–Kier alpha value is -0.810. The van der Waals surface area contributed by atoms with Gasteiger partial charge in [-0.1, -0.05) is 0 Å². The van der Waals surface area contributed by atoms with Crippen LogP contribution >= 0.6 is 0 Å². The smallest absolute Gasteiger partial charge is 0.410 e. The highest BCUT2D eigenvalue weighted by Gasteiger charge is 2.30. The van der Waals surface area contributed by atoms with Crippen molar-refractivity contribution in [2.45, 2.75) is 65.1 Å². The van der Waals surface area contributed by atoms with Crippen LogP contribution in [0.1, 0.15) is 47.5 Å². The first-order valence-corrected chi connectivity index (χ1v) is 8.72. The number of hydrogen-bond donors (Lipinski definition) is 0. The first-order valence-electron chi connectivity index (χ1n) is 8.72. The third kappa shape index (κ3) is 4.85. The Kier molecular flexibility index (Phi) is 5.72. The Labute approximate surface area is 135 Å². The lowest BCUT2D eigenvalue weighted by Crippen LogP contribution is -2.55. The van der Waals surface area contributed by atoms with Crippen LogP contribution in [-0.4, -0.2) is 77.7 Å². The van der Waals surface area contributed by atoms with Gasteiger partial charge < -0.3 is 14.5 Å². The minimum Gasteiger partial charge on any atom is -0.444 e.